The second kappa shape index (κ2) is 9.36. The number of benzene rings is 2. The van der Waals surface area contributed by atoms with Crippen LogP contribution in [0.5, 0.6) is 5.75 Å². The van der Waals surface area contributed by atoms with Crippen molar-refractivity contribution in [3.05, 3.63) is 75.8 Å². The molecule has 0 aliphatic carbocycles. The van der Waals surface area contributed by atoms with Crippen LogP contribution in [0, 0.1) is 0 Å². The standard InChI is InChI=1S/C23H19BrN2O3S/c1-28-21-10-7-16(24)12-19(21)23-26-18(14-30-23)13-29-22(27)11-9-17-8-6-15-4-2-3-5-20(15)25-17/h2-8,10,12,14H,9,11,13H2,1H3. The molecule has 0 saturated heterocycles. The highest BCUT2D eigenvalue weighted by Crippen LogP contribution is 2.34. The van der Waals surface area contributed by atoms with Crippen molar-refractivity contribution in [1.82, 2.24) is 9.97 Å². The SMILES string of the molecule is COc1ccc(Br)cc1-c1nc(COC(=O)CCc2ccc3ccccc3n2)cs1. The number of aryl methyl sites for hydroxylation is 1. The van der Waals surface area contributed by atoms with Crippen molar-refractivity contribution in [2.45, 2.75) is 19.4 Å². The number of carbonyl (C=O) groups is 1. The number of thiazole rings is 1. The molecular weight excluding hydrogens is 464 g/mol. The molecule has 152 valence electrons. The van der Waals surface area contributed by atoms with Gasteiger partial charge in [-0.3, -0.25) is 9.78 Å². The maximum atomic E-state index is 12.2. The molecule has 0 aliphatic rings. The fourth-order valence-corrected chi connectivity index (χ4v) is 4.23. The van der Waals surface area contributed by atoms with Crippen molar-refractivity contribution < 1.29 is 14.3 Å². The van der Waals surface area contributed by atoms with Gasteiger partial charge in [-0.1, -0.05) is 40.2 Å². The third-order valence-corrected chi connectivity index (χ3v) is 5.98. The molecule has 4 rings (SSSR count). The zero-order chi connectivity index (χ0) is 20.9. The van der Waals surface area contributed by atoms with E-state index in [0.29, 0.717) is 12.1 Å². The number of carbonyl (C=O) groups excluding carboxylic acids is 1. The lowest BCUT2D eigenvalue weighted by Gasteiger charge is -2.06. The number of pyridine rings is 1. The number of hydrogen-bond donors (Lipinski definition) is 0. The zero-order valence-corrected chi connectivity index (χ0v) is 18.7. The number of nitrogens with zero attached hydrogens (tertiary/aromatic N) is 2. The number of esters is 1. The summed E-state index contributed by atoms with van der Waals surface area (Å²) < 4.78 is 11.8. The van der Waals surface area contributed by atoms with Crippen LogP contribution >= 0.6 is 27.3 Å². The Labute approximate surface area is 186 Å². The van der Waals surface area contributed by atoms with Crippen molar-refractivity contribution in [2.75, 3.05) is 7.11 Å². The van der Waals surface area contributed by atoms with Crippen molar-refractivity contribution in [3.63, 3.8) is 0 Å². The van der Waals surface area contributed by atoms with Crippen molar-refractivity contribution in [1.29, 1.82) is 0 Å². The van der Waals surface area contributed by atoms with Gasteiger partial charge in [-0.25, -0.2) is 4.98 Å². The van der Waals surface area contributed by atoms with Crippen LogP contribution in [0.25, 0.3) is 21.5 Å². The molecule has 0 atom stereocenters. The molecular formula is C23H19BrN2O3S. The van der Waals surface area contributed by atoms with E-state index in [2.05, 4.69) is 25.9 Å². The normalized spacial score (nSPS) is 10.9. The molecule has 0 amide bonds. The van der Waals surface area contributed by atoms with Crippen LogP contribution < -0.4 is 4.74 Å². The molecule has 0 fully saturated rings. The Morgan fingerprint density at radius 3 is 2.80 bits per heavy atom. The molecule has 7 heteroatoms. The number of rotatable bonds is 7. The number of ether oxygens (including phenoxy) is 2. The summed E-state index contributed by atoms with van der Waals surface area (Å²) in [4.78, 5) is 21.3. The van der Waals surface area contributed by atoms with Crippen LogP contribution in [0.4, 0.5) is 0 Å². The highest BCUT2D eigenvalue weighted by molar-refractivity contribution is 9.10. The summed E-state index contributed by atoms with van der Waals surface area (Å²) in [6, 6.07) is 17.7. The lowest BCUT2D eigenvalue weighted by Crippen LogP contribution is -2.06. The van der Waals surface area contributed by atoms with Gasteiger partial charge in [0.05, 0.1) is 30.3 Å². The Morgan fingerprint density at radius 2 is 1.93 bits per heavy atom. The number of para-hydroxylation sites is 1. The van der Waals surface area contributed by atoms with Gasteiger partial charge in [-0.2, -0.15) is 0 Å². The third-order valence-electron chi connectivity index (χ3n) is 4.57. The van der Waals surface area contributed by atoms with Gasteiger partial charge >= 0.3 is 5.97 Å². The molecule has 2 aromatic heterocycles. The van der Waals surface area contributed by atoms with E-state index < -0.39 is 0 Å². The molecule has 30 heavy (non-hydrogen) atoms. The third kappa shape index (κ3) is 4.86. The fraction of sp³-hybridized carbons (Fsp3) is 0.174. The average Bonchev–Trinajstić information content (AvgIpc) is 3.25. The number of halogens is 1. The summed E-state index contributed by atoms with van der Waals surface area (Å²) in [6.45, 7) is 0.150. The Morgan fingerprint density at radius 1 is 1.07 bits per heavy atom. The van der Waals surface area contributed by atoms with E-state index in [9.17, 15) is 4.79 Å². The molecule has 0 aliphatic heterocycles. The summed E-state index contributed by atoms with van der Waals surface area (Å²) in [5, 5.41) is 3.80. The van der Waals surface area contributed by atoms with E-state index in [-0.39, 0.29) is 19.0 Å². The van der Waals surface area contributed by atoms with Crippen LogP contribution in [0.1, 0.15) is 17.8 Å². The van der Waals surface area contributed by atoms with Gasteiger partial charge in [0.1, 0.15) is 17.4 Å². The van der Waals surface area contributed by atoms with Gasteiger partial charge in [-0.15, -0.1) is 11.3 Å². The summed E-state index contributed by atoms with van der Waals surface area (Å²) in [6.07, 6.45) is 0.822. The van der Waals surface area contributed by atoms with Gasteiger partial charge < -0.3 is 9.47 Å². The Kier molecular flexibility index (Phi) is 6.40. The Hall–Kier alpha value is -2.77. The van der Waals surface area contributed by atoms with E-state index >= 15 is 0 Å². The maximum Gasteiger partial charge on any atom is 0.306 e. The van der Waals surface area contributed by atoms with Crippen LogP contribution in [-0.2, 0) is 22.6 Å². The minimum absolute atomic E-state index is 0.150. The average molecular weight is 483 g/mol. The Bertz CT molecular complexity index is 1190. The van der Waals surface area contributed by atoms with Gasteiger partial charge in [0.25, 0.3) is 0 Å². The molecule has 0 spiro atoms. The van der Waals surface area contributed by atoms with E-state index in [4.69, 9.17) is 9.47 Å². The van der Waals surface area contributed by atoms with E-state index in [1.807, 2.05) is 60.0 Å². The first-order chi connectivity index (χ1) is 14.6. The van der Waals surface area contributed by atoms with Crippen LogP contribution in [0.15, 0.2) is 64.5 Å². The number of hydrogen-bond acceptors (Lipinski definition) is 6. The van der Waals surface area contributed by atoms with E-state index in [0.717, 1.165) is 37.4 Å². The number of fused-ring (bicyclic) bond motifs is 1. The molecule has 0 N–H and O–H groups in total. The first kappa shape index (κ1) is 20.5. The predicted octanol–water partition coefficient (Wildman–Crippen LogP) is 5.81. The number of methoxy groups -OCH3 is 1. The Balaban J connectivity index is 1.33. The lowest BCUT2D eigenvalue weighted by molar-refractivity contribution is -0.145. The second-order valence-electron chi connectivity index (χ2n) is 6.64. The molecule has 4 aromatic rings. The topological polar surface area (TPSA) is 61.3 Å². The molecule has 5 nitrogen and oxygen atoms in total. The fourth-order valence-electron chi connectivity index (χ4n) is 3.05. The van der Waals surface area contributed by atoms with Gasteiger partial charge in [0.15, 0.2) is 0 Å². The van der Waals surface area contributed by atoms with Crippen molar-refractivity contribution in [3.8, 4) is 16.3 Å². The molecule has 0 radical (unpaired) electrons. The molecule has 2 heterocycles. The van der Waals surface area contributed by atoms with Crippen LogP contribution in [-0.4, -0.2) is 23.0 Å². The highest BCUT2D eigenvalue weighted by Gasteiger charge is 2.12. The molecule has 0 bridgehead atoms. The first-order valence-electron chi connectivity index (χ1n) is 9.41. The summed E-state index contributed by atoms with van der Waals surface area (Å²) >= 11 is 4.97. The highest BCUT2D eigenvalue weighted by atomic mass is 79.9. The zero-order valence-electron chi connectivity index (χ0n) is 16.3. The molecule has 0 unspecified atom stereocenters. The minimum Gasteiger partial charge on any atom is -0.496 e. The van der Waals surface area contributed by atoms with Crippen molar-refractivity contribution >= 4 is 44.1 Å². The largest absolute Gasteiger partial charge is 0.496 e. The van der Waals surface area contributed by atoms with Crippen LogP contribution in [0.2, 0.25) is 0 Å². The first-order valence-corrected chi connectivity index (χ1v) is 11.1. The van der Waals surface area contributed by atoms with Crippen molar-refractivity contribution in [2.24, 2.45) is 0 Å². The minimum atomic E-state index is -0.264. The predicted molar refractivity (Wildman–Crippen MR) is 122 cm³/mol. The summed E-state index contributed by atoms with van der Waals surface area (Å²) in [5.74, 6) is 0.485. The smallest absolute Gasteiger partial charge is 0.306 e. The maximum absolute atomic E-state index is 12.2. The second-order valence-corrected chi connectivity index (χ2v) is 8.42. The van der Waals surface area contributed by atoms with Crippen LogP contribution in [0.3, 0.4) is 0 Å². The summed E-state index contributed by atoms with van der Waals surface area (Å²) in [7, 11) is 1.63. The quantitative estimate of drug-likeness (QED) is 0.311. The van der Waals surface area contributed by atoms with Gasteiger partial charge in [0.2, 0.25) is 0 Å². The van der Waals surface area contributed by atoms with E-state index in [1.54, 1.807) is 7.11 Å². The number of aromatic nitrogens is 2. The monoisotopic (exact) mass is 482 g/mol. The summed E-state index contributed by atoms with van der Waals surface area (Å²) in [5.41, 5.74) is 3.43. The van der Waals surface area contributed by atoms with E-state index in [1.165, 1.54) is 11.3 Å². The van der Waals surface area contributed by atoms with Gasteiger partial charge in [0, 0.05) is 27.4 Å². The van der Waals surface area contributed by atoms with Gasteiger partial charge in [-0.05, 0) is 30.3 Å². The lowest BCUT2D eigenvalue weighted by atomic mass is 10.1. The molecule has 0 saturated carbocycles. The molecule has 2 aromatic carbocycles.